The Balaban J connectivity index is 1.79. The van der Waals surface area contributed by atoms with E-state index in [0.29, 0.717) is 17.4 Å². The van der Waals surface area contributed by atoms with Gasteiger partial charge in [-0.15, -0.1) is 0 Å². The molecule has 0 saturated heterocycles. The summed E-state index contributed by atoms with van der Waals surface area (Å²) in [6.45, 7) is 4.15. The molecule has 29 heavy (non-hydrogen) atoms. The molecule has 0 N–H and O–H groups in total. The van der Waals surface area contributed by atoms with Crippen molar-refractivity contribution in [3.8, 4) is 5.75 Å². The lowest BCUT2D eigenvalue weighted by Crippen LogP contribution is -2.21. The Labute approximate surface area is 170 Å². The normalized spacial score (nSPS) is 11.8. The van der Waals surface area contributed by atoms with Gasteiger partial charge in [0.25, 0.3) is 0 Å². The molecule has 0 spiro atoms. The first kappa shape index (κ1) is 21.2. The van der Waals surface area contributed by atoms with Crippen LogP contribution >= 0.6 is 0 Å². The van der Waals surface area contributed by atoms with Gasteiger partial charge in [0.15, 0.2) is 0 Å². The van der Waals surface area contributed by atoms with Crippen LogP contribution in [-0.4, -0.2) is 0 Å². The Kier molecular flexibility index (Phi) is 6.83. The van der Waals surface area contributed by atoms with E-state index in [4.69, 9.17) is 4.74 Å². The molecule has 3 aromatic carbocycles. The van der Waals surface area contributed by atoms with Crippen molar-refractivity contribution in [2.45, 2.75) is 58.5 Å². The highest BCUT2D eigenvalue weighted by Crippen LogP contribution is 2.33. The van der Waals surface area contributed by atoms with Crippen LogP contribution in [0.4, 0.5) is 13.2 Å². The number of hydrogen-bond acceptors (Lipinski definition) is 1. The first-order valence-corrected chi connectivity index (χ1v) is 10.3. The second-order valence-corrected chi connectivity index (χ2v) is 7.48. The monoisotopic (exact) mass is 400 g/mol. The number of rotatable bonds is 9. The number of benzene rings is 3. The van der Waals surface area contributed by atoms with E-state index in [-0.39, 0.29) is 17.1 Å². The van der Waals surface area contributed by atoms with E-state index >= 15 is 0 Å². The fourth-order valence-electron chi connectivity index (χ4n) is 3.48. The molecule has 154 valence electrons. The highest BCUT2D eigenvalue weighted by Gasteiger charge is 2.34. The van der Waals surface area contributed by atoms with Crippen LogP contribution in [0.3, 0.4) is 0 Å². The summed E-state index contributed by atoms with van der Waals surface area (Å²) in [5.41, 5.74) is 1.48. The van der Waals surface area contributed by atoms with Crippen LogP contribution in [0.15, 0.2) is 54.6 Å². The maximum absolute atomic E-state index is 14.6. The molecule has 3 rings (SSSR count). The van der Waals surface area contributed by atoms with Gasteiger partial charge < -0.3 is 4.74 Å². The largest absolute Gasteiger partial charge is 0.429 e. The Hall–Kier alpha value is -2.49. The number of hydrogen-bond donors (Lipinski definition) is 0. The molecule has 0 aliphatic rings. The third-order valence-electron chi connectivity index (χ3n) is 5.10. The van der Waals surface area contributed by atoms with Gasteiger partial charge in [-0.3, -0.25) is 0 Å². The van der Waals surface area contributed by atoms with Crippen LogP contribution in [0.5, 0.6) is 5.75 Å². The lowest BCUT2D eigenvalue weighted by atomic mass is 10.0. The molecule has 4 heteroatoms. The molecule has 0 unspecified atom stereocenters. The fourth-order valence-corrected chi connectivity index (χ4v) is 3.48. The minimum Gasteiger partial charge on any atom is -0.429 e. The summed E-state index contributed by atoms with van der Waals surface area (Å²) in [6.07, 6.45) is 2.09. The number of ether oxygens (including phenoxy) is 1. The number of aryl methyl sites for hydroxylation is 2. The van der Waals surface area contributed by atoms with Crippen molar-refractivity contribution in [2.24, 2.45) is 0 Å². The van der Waals surface area contributed by atoms with E-state index < -0.39 is 6.11 Å². The van der Waals surface area contributed by atoms with Crippen molar-refractivity contribution >= 4 is 10.8 Å². The SMILES string of the molecule is CCCCCc1cc2ccc(OC(F)(F)c3ccc(CCC)cc3)cc2cc1F. The molecule has 0 saturated carbocycles. The predicted molar refractivity (Wildman–Crippen MR) is 112 cm³/mol. The van der Waals surface area contributed by atoms with Gasteiger partial charge >= 0.3 is 6.11 Å². The first-order chi connectivity index (χ1) is 13.9. The van der Waals surface area contributed by atoms with Crippen LogP contribution in [-0.2, 0) is 19.0 Å². The topological polar surface area (TPSA) is 9.23 Å². The smallest absolute Gasteiger partial charge is 0.426 e. The Morgan fingerprint density at radius 3 is 2.24 bits per heavy atom. The molecule has 0 radical (unpaired) electrons. The summed E-state index contributed by atoms with van der Waals surface area (Å²) in [7, 11) is 0. The van der Waals surface area contributed by atoms with E-state index in [9.17, 15) is 13.2 Å². The van der Waals surface area contributed by atoms with Gasteiger partial charge in [0.05, 0.1) is 5.56 Å². The zero-order valence-electron chi connectivity index (χ0n) is 17.0. The summed E-state index contributed by atoms with van der Waals surface area (Å²) in [5.74, 6) is -0.290. The third-order valence-corrected chi connectivity index (χ3v) is 5.10. The van der Waals surface area contributed by atoms with Gasteiger partial charge in [-0.2, -0.15) is 8.78 Å². The maximum Gasteiger partial charge on any atom is 0.426 e. The van der Waals surface area contributed by atoms with E-state index in [1.807, 2.05) is 6.92 Å². The number of alkyl halides is 2. The van der Waals surface area contributed by atoms with Crippen molar-refractivity contribution in [1.29, 1.82) is 0 Å². The minimum absolute atomic E-state index is 0.0123. The number of unbranched alkanes of at least 4 members (excludes halogenated alkanes) is 2. The van der Waals surface area contributed by atoms with Gasteiger partial charge in [0.1, 0.15) is 11.6 Å². The van der Waals surface area contributed by atoms with E-state index in [1.165, 1.54) is 30.3 Å². The molecule has 0 atom stereocenters. The van der Waals surface area contributed by atoms with Crippen LogP contribution in [0.25, 0.3) is 10.8 Å². The molecular weight excluding hydrogens is 373 g/mol. The van der Waals surface area contributed by atoms with Crippen LogP contribution in [0.1, 0.15) is 56.2 Å². The average molecular weight is 400 g/mol. The van der Waals surface area contributed by atoms with Gasteiger partial charge in [-0.25, -0.2) is 4.39 Å². The maximum atomic E-state index is 14.6. The van der Waals surface area contributed by atoms with Crippen LogP contribution < -0.4 is 4.74 Å². The van der Waals surface area contributed by atoms with Crippen molar-refractivity contribution in [3.05, 3.63) is 77.1 Å². The molecule has 1 nitrogen and oxygen atoms in total. The number of fused-ring (bicyclic) bond motifs is 1. The quantitative estimate of drug-likeness (QED) is 0.333. The lowest BCUT2D eigenvalue weighted by molar-refractivity contribution is -0.185. The highest BCUT2D eigenvalue weighted by atomic mass is 19.3. The van der Waals surface area contributed by atoms with E-state index in [0.717, 1.165) is 43.1 Å². The van der Waals surface area contributed by atoms with Gasteiger partial charge in [0.2, 0.25) is 0 Å². The van der Waals surface area contributed by atoms with Gasteiger partial charge in [0, 0.05) is 0 Å². The zero-order valence-corrected chi connectivity index (χ0v) is 17.0. The summed E-state index contributed by atoms with van der Waals surface area (Å²) in [6, 6.07) is 14.1. The molecular formula is C25H27F3O. The summed E-state index contributed by atoms with van der Waals surface area (Å²) in [4.78, 5) is 0. The molecule has 0 bridgehead atoms. The molecule has 0 aromatic heterocycles. The van der Waals surface area contributed by atoms with Crippen LogP contribution in [0, 0.1) is 5.82 Å². The Morgan fingerprint density at radius 1 is 0.793 bits per heavy atom. The molecule has 0 heterocycles. The Morgan fingerprint density at radius 2 is 1.55 bits per heavy atom. The van der Waals surface area contributed by atoms with E-state index in [1.54, 1.807) is 24.3 Å². The third kappa shape index (κ3) is 5.31. The highest BCUT2D eigenvalue weighted by molar-refractivity contribution is 5.84. The standard InChI is InChI=1S/C25H27F3O/c1-3-5-6-8-20-15-19-11-14-23(16-21(19)17-24(20)26)29-25(27,28)22-12-9-18(7-4-2)10-13-22/h9-17H,3-8H2,1-2H3. The fraction of sp³-hybridized carbons (Fsp3) is 0.360. The average Bonchev–Trinajstić information content (AvgIpc) is 2.69. The van der Waals surface area contributed by atoms with Crippen molar-refractivity contribution in [1.82, 2.24) is 0 Å². The second kappa shape index (κ2) is 9.34. The molecule has 0 aliphatic carbocycles. The van der Waals surface area contributed by atoms with Gasteiger partial charge in [-0.1, -0.05) is 51.3 Å². The number of halogens is 3. The molecule has 3 aromatic rings. The van der Waals surface area contributed by atoms with Gasteiger partial charge in [-0.05, 0) is 77.6 Å². The Bertz CT molecular complexity index is 948. The molecule has 0 fully saturated rings. The van der Waals surface area contributed by atoms with E-state index in [2.05, 4.69) is 6.92 Å². The summed E-state index contributed by atoms with van der Waals surface area (Å²) in [5, 5.41) is 1.37. The van der Waals surface area contributed by atoms with Crippen molar-refractivity contribution in [3.63, 3.8) is 0 Å². The van der Waals surface area contributed by atoms with Crippen molar-refractivity contribution in [2.75, 3.05) is 0 Å². The lowest BCUT2D eigenvalue weighted by Gasteiger charge is -2.19. The summed E-state index contributed by atoms with van der Waals surface area (Å²) >= 11 is 0. The zero-order chi connectivity index (χ0) is 20.9. The second-order valence-electron chi connectivity index (χ2n) is 7.48. The van der Waals surface area contributed by atoms with Crippen LogP contribution in [0.2, 0.25) is 0 Å². The first-order valence-electron chi connectivity index (χ1n) is 10.3. The predicted octanol–water partition coefficient (Wildman–Crippen LogP) is 7.79. The molecule has 0 amide bonds. The molecule has 0 aliphatic heterocycles. The summed E-state index contributed by atoms with van der Waals surface area (Å²) < 4.78 is 48.5. The minimum atomic E-state index is -3.46. The van der Waals surface area contributed by atoms with Crippen molar-refractivity contribution < 1.29 is 17.9 Å².